The van der Waals surface area contributed by atoms with Gasteiger partial charge in [-0.05, 0) is 58.4 Å². The van der Waals surface area contributed by atoms with Gasteiger partial charge in [0.15, 0.2) is 0 Å². The Kier molecular flexibility index (Phi) is 4.29. The van der Waals surface area contributed by atoms with Crippen LogP contribution < -0.4 is 4.74 Å². The van der Waals surface area contributed by atoms with Crippen LogP contribution in [0.1, 0.15) is 5.56 Å². The van der Waals surface area contributed by atoms with Crippen molar-refractivity contribution < 1.29 is 4.74 Å². The van der Waals surface area contributed by atoms with Crippen molar-refractivity contribution in [3.8, 4) is 11.8 Å². The first kappa shape index (κ1) is 13.0. The third-order valence-electron chi connectivity index (χ3n) is 2.36. The third-order valence-corrected chi connectivity index (χ3v) is 4.01. The Labute approximate surface area is 119 Å². The average Bonchev–Trinajstić information content (AvgIpc) is 2.40. The largest absolute Gasteiger partial charge is 0.497 e. The molecule has 4 heteroatoms. The number of nitrogens with zero attached hydrogens (tertiary/aromatic N) is 1. The zero-order valence-electron chi connectivity index (χ0n) is 9.68. The molecule has 0 unspecified atom stereocenters. The molecule has 0 saturated carbocycles. The topological polar surface area (TPSA) is 33.0 Å². The van der Waals surface area contributed by atoms with Crippen molar-refractivity contribution in [3.63, 3.8) is 0 Å². The van der Waals surface area contributed by atoms with Gasteiger partial charge in [0.25, 0.3) is 0 Å². The molecule has 0 aliphatic rings. The maximum absolute atomic E-state index is 8.86. The van der Waals surface area contributed by atoms with E-state index in [0.29, 0.717) is 5.56 Å². The summed E-state index contributed by atoms with van der Waals surface area (Å²) in [5, 5.41) is 8.86. The number of benzene rings is 2. The molecule has 2 rings (SSSR count). The van der Waals surface area contributed by atoms with Crippen LogP contribution in [-0.2, 0) is 0 Å². The Morgan fingerprint density at radius 2 is 1.78 bits per heavy atom. The van der Waals surface area contributed by atoms with Gasteiger partial charge in [-0.1, -0.05) is 11.8 Å². The van der Waals surface area contributed by atoms with Gasteiger partial charge in [-0.15, -0.1) is 0 Å². The molecular weight excluding hydrogens is 310 g/mol. The van der Waals surface area contributed by atoms with E-state index in [9.17, 15) is 0 Å². The molecule has 0 radical (unpaired) electrons. The van der Waals surface area contributed by atoms with E-state index in [4.69, 9.17) is 10.00 Å². The standard InChI is InChI=1S/C14H10BrNOS/c1-17-11-3-6-12(7-4-11)18-13-5-2-10(9-16)14(15)8-13/h2-8H,1H3. The molecule has 0 bridgehead atoms. The first-order chi connectivity index (χ1) is 8.72. The second-order valence-electron chi connectivity index (χ2n) is 3.53. The second-order valence-corrected chi connectivity index (χ2v) is 5.53. The van der Waals surface area contributed by atoms with Crippen molar-refractivity contribution in [2.45, 2.75) is 9.79 Å². The van der Waals surface area contributed by atoms with Gasteiger partial charge >= 0.3 is 0 Å². The average molecular weight is 320 g/mol. The molecule has 0 aliphatic carbocycles. The lowest BCUT2D eigenvalue weighted by Gasteiger charge is -2.04. The SMILES string of the molecule is COc1ccc(Sc2ccc(C#N)c(Br)c2)cc1. The molecule has 2 nitrogen and oxygen atoms in total. The predicted molar refractivity (Wildman–Crippen MR) is 76.0 cm³/mol. The highest BCUT2D eigenvalue weighted by Gasteiger charge is 2.02. The van der Waals surface area contributed by atoms with Crippen LogP contribution in [-0.4, -0.2) is 7.11 Å². The maximum Gasteiger partial charge on any atom is 0.118 e. The molecular formula is C14H10BrNOS. The number of halogens is 1. The van der Waals surface area contributed by atoms with Gasteiger partial charge in [0, 0.05) is 14.3 Å². The van der Waals surface area contributed by atoms with Crippen LogP contribution in [0, 0.1) is 11.3 Å². The summed E-state index contributed by atoms with van der Waals surface area (Å²) in [7, 11) is 1.65. The van der Waals surface area contributed by atoms with E-state index in [1.165, 1.54) is 0 Å². The zero-order chi connectivity index (χ0) is 13.0. The van der Waals surface area contributed by atoms with Gasteiger partial charge in [-0.3, -0.25) is 0 Å². The molecule has 0 spiro atoms. The summed E-state index contributed by atoms with van der Waals surface area (Å²) in [5.74, 6) is 0.848. The highest BCUT2D eigenvalue weighted by Crippen LogP contribution is 2.31. The van der Waals surface area contributed by atoms with E-state index in [1.54, 1.807) is 18.9 Å². The number of nitriles is 1. The molecule has 90 valence electrons. The predicted octanol–water partition coefficient (Wildman–Crippen LogP) is 4.48. The van der Waals surface area contributed by atoms with E-state index < -0.39 is 0 Å². The molecule has 0 heterocycles. The summed E-state index contributed by atoms with van der Waals surface area (Å²) >= 11 is 5.03. The van der Waals surface area contributed by atoms with Crippen molar-refractivity contribution in [2.24, 2.45) is 0 Å². The quantitative estimate of drug-likeness (QED) is 0.836. The van der Waals surface area contributed by atoms with Gasteiger partial charge in [-0.25, -0.2) is 0 Å². The lowest BCUT2D eigenvalue weighted by molar-refractivity contribution is 0.414. The normalized spacial score (nSPS) is 9.83. The smallest absolute Gasteiger partial charge is 0.118 e. The molecule has 0 amide bonds. The summed E-state index contributed by atoms with van der Waals surface area (Å²) in [5.41, 5.74) is 0.647. The van der Waals surface area contributed by atoms with E-state index in [0.717, 1.165) is 20.0 Å². The van der Waals surface area contributed by atoms with Crippen molar-refractivity contribution >= 4 is 27.7 Å². The molecule has 0 fully saturated rings. The van der Waals surface area contributed by atoms with E-state index >= 15 is 0 Å². The number of hydrogen-bond donors (Lipinski definition) is 0. The van der Waals surface area contributed by atoms with Crippen molar-refractivity contribution in [1.82, 2.24) is 0 Å². The highest BCUT2D eigenvalue weighted by atomic mass is 79.9. The Morgan fingerprint density at radius 3 is 2.33 bits per heavy atom. The highest BCUT2D eigenvalue weighted by molar-refractivity contribution is 9.10. The van der Waals surface area contributed by atoms with Crippen LogP contribution in [0.5, 0.6) is 5.75 Å². The number of ether oxygens (including phenoxy) is 1. The summed E-state index contributed by atoms with van der Waals surface area (Å²) < 4.78 is 5.94. The molecule has 0 aliphatic heterocycles. The molecule has 0 aromatic heterocycles. The van der Waals surface area contributed by atoms with Gasteiger partial charge in [0.05, 0.1) is 12.7 Å². The minimum Gasteiger partial charge on any atom is -0.497 e. The summed E-state index contributed by atoms with van der Waals surface area (Å²) in [4.78, 5) is 2.22. The molecule has 0 saturated heterocycles. The van der Waals surface area contributed by atoms with Crippen LogP contribution in [0.4, 0.5) is 0 Å². The van der Waals surface area contributed by atoms with Gasteiger partial charge in [0.1, 0.15) is 11.8 Å². The maximum atomic E-state index is 8.86. The fraction of sp³-hybridized carbons (Fsp3) is 0.0714. The summed E-state index contributed by atoms with van der Waals surface area (Å²) in [6, 6.07) is 15.7. The van der Waals surface area contributed by atoms with Gasteiger partial charge in [-0.2, -0.15) is 5.26 Å². The van der Waals surface area contributed by atoms with Crippen LogP contribution in [0.2, 0.25) is 0 Å². The summed E-state index contributed by atoms with van der Waals surface area (Å²) in [6.45, 7) is 0. The second kappa shape index (κ2) is 5.94. The molecule has 2 aromatic carbocycles. The lowest BCUT2D eigenvalue weighted by Crippen LogP contribution is -1.82. The van der Waals surface area contributed by atoms with Crippen LogP contribution in [0.3, 0.4) is 0 Å². The van der Waals surface area contributed by atoms with Gasteiger partial charge < -0.3 is 4.74 Å². The molecule has 0 atom stereocenters. The van der Waals surface area contributed by atoms with E-state index in [1.807, 2.05) is 42.5 Å². The van der Waals surface area contributed by atoms with Crippen LogP contribution in [0.15, 0.2) is 56.7 Å². The zero-order valence-corrected chi connectivity index (χ0v) is 12.1. The van der Waals surface area contributed by atoms with Crippen molar-refractivity contribution in [3.05, 3.63) is 52.5 Å². The Bertz CT molecular complexity index is 590. The Morgan fingerprint density at radius 1 is 1.11 bits per heavy atom. The van der Waals surface area contributed by atoms with Gasteiger partial charge in [0.2, 0.25) is 0 Å². The number of hydrogen-bond acceptors (Lipinski definition) is 3. The number of rotatable bonds is 3. The fourth-order valence-corrected chi connectivity index (χ4v) is 2.91. The molecule has 2 aromatic rings. The first-order valence-corrected chi connectivity index (χ1v) is 6.85. The minimum atomic E-state index is 0.647. The minimum absolute atomic E-state index is 0.647. The Hall–Kier alpha value is -1.44. The Balaban J connectivity index is 2.18. The van der Waals surface area contributed by atoms with E-state index in [2.05, 4.69) is 22.0 Å². The first-order valence-electron chi connectivity index (χ1n) is 5.24. The molecule has 18 heavy (non-hydrogen) atoms. The van der Waals surface area contributed by atoms with Crippen molar-refractivity contribution in [1.29, 1.82) is 5.26 Å². The summed E-state index contributed by atoms with van der Waals surface area (Å²) in [6.07, 6.45) is 0. The molecule has 0 N–H and O–H groups in total. The van der Waals surface area contributed by atoms with Crippen LogP contribution >= 0.6 is 27.7 Å². The lowest BCUT2D eigenvalue weighted by atomic mass is 10.2. The third kappa shape index (κ3) is 3.06. The van der Waals surface area contributed by atoms with E-state index in [-0.39, 0.29) is 0 Å². The van der Waals surface area contributed by atoms with Crippen LogP contribution in [0.25, 0.3) is 0 Å². The number of methoxy groups -OCH3 is 1. The monoisotopic (exact) mass is 319 g/mol. The fourth-order valence-electron chi connectivity index (χ4n) is 1.43. The van der Waals surface area contributed by atoms with Crippen molar-refractivity contribution in [2.75, 3.05) is 7.11 Å².